The van der Waals surface area contributed by atoms with Gasteiger partial charge in [0.1, 0.15) is 0 Å². The van der Waals surface area contributed by atoms with Gasteiger partial charge in [0, 0.05) is 23.3 Å². The van der Waals surface area contributed by atoms with Crippen LogP contribution < -0.4 is 0 Å². The number of hydrogen-bond donors (Lipinski definition) is 0. The number of aliphatic imine (C=N–C) groups is 1. The predicted octanol–water partition coefficient (Wildman–Crippen LogP) is 2.91. The average molecular weight is 283 g/mol. The van der Waals surface area contributed by atoms with Crippen LogP contribution in [-0.4, -0.2) is 28.9 Å². The zero-order valence-corrected chi connectivity index (χ0v) is 10.6. The van der Waals surface area contributed by atoms with E-state index in [4.69, 9.17) is 4.99 Å². The lowest BCUT2D eigenvalue weighted by Crippen LogP contribution is -2.21. The Morgan fingerprint density at radius 2 is 2.40 bits per heavy atom. The van der Waals surface area contributed by atoms with Crippen LogP contribution in [0.25, 0.3) is 0 Å². The van der Waals surface area contributed by atoms with E-state index in [1.54, 1.807) is 0 Å². The first-order valence-corrected chi connectivity index (χ1v) is 6.82. The largest absolute Gasteiger partial charge is 0.348 e. The van der Waals surface area contributed by atoms with Crippen molar-refractivity contribution in [2.75, 3.05) is 18.8 Å². The molecule has 1 aromatic rings. The molecule has 2 aliphatic rings. The summed E-state index contributed by atoms with van der Waals surface area (Å²) >= 11 is 5.38. The first-order valence-electron chi connectivity index (χ1n) is 5.04. The summed E-state index contributed by atoms with van der Waals surface area (Å²) in [6.45, 7) is 2.22. The van der Waals surface area contributed by atoms with Gasteiger partial charge in [0.2, 0.25) is 0 Å². The topological polar surface area (TPSA) is 15.6 Å². The number of rotatable bonds is 1. The van der Waals surface area contributed by atoms with Crippen molar-refractivity contribution >= 4 is 32.9 Å². The molecule has 78 valence electrons. The van der Waals surface area contributed by atoms with Crippen LogP contribution in [0.3, 0.4) is 0 Å². The Hall–Kier alpha value is -0.480. The lowest BCUT2D eigenvalue weighted by Gasteiger charge is -2.12. The summed E-state index contributed by atoms with van der Waals surface area (Å²) in [6, 6.07) is 8.80. The Bertz CT molecular complexity index is 419. The number of hydrogen-bond acceptors (Lipinski definition) is 3. The number of thioether (sulfide) groups is 1. The SMILES string of the molecule is Brc1cccc(C2CN3CCSC3=N2)c1. The van der Waals surface area contributed by atoms with Crippen LogP contribution in [0.2, 0.25) is 0 Å². The highest BCUT2D eigenvalue weighted by molar-refractivity contribution is 9.10. The third-order valence-electron chi connectivity index (χ3n) is 2.76. The molecule has 1 aromatic carbocycles. The second-order valence-electron chi connectivity index (χ2n) is 3.78. The maximum Gasteiger partial charge on any atom is 0.160 e. The van der Waals surface area contributed by atoms with E-state index in [0.717, 1.165) is 17.6 Å². The maximum atomic E-state index is 4.75. The minimum Gasteiger partial charge on any atom is -0.348 e. The third-order valence-corrected chi connectivity index (χ3v) is 4.26. The molecule has 2 nitrogen and oxygen atoms in total. The predicted molar refractivity (Wildman–Crippen MR) is 68.3 cm³/mol. The van der Waals surface area contributed by atoms with Crippen LogP contribution >= 0.6 is 27.7 Å². The van der Waals surface area contributed by atoms with Crippen LogP contribution in [0.15, 0.2) is 33.7 Å². The van der Waals surface area contributed by atoms with Crippen LogP contribution in [0, 0.1) is 0 Å². The number of nitrogens with zero attached hydrogens (tertiary/aromatic N) is 2. The molecule has 15 heavy (non-hydrogen) atoms. The van der Waals surface area contributed by atoms with Crippen molar-refractivity contribution in [2.45, 2.75) is 6.04 Å². The number of benzene rings is 1. The van der Waals surface area contributed by atoms with Crippen molar-refractivity contribution in [3.63, 3.8) is 0 Å². The molecule has 1 atom stereocenters. The Morgan fingerprint density at radius 1 is 1.47 bits per heavy atom. The van der Waals surface area contributed by atoms with Crippen LogP contribution in [0.1, 0.15) is 11.6 Å². The number of fused-ring (bicyclic) bond motifs is 1. The Balaban J connectivity index is 1.88. The first-order chi connectivity index (χ1) is 7.33. The highest BCUT2D eigenvalue weighted by Gasteiger charge is 2.29. The van der Waals surface area contributed by atoms with Gasteiger partial charge in [-0.15, -0.1) is 0 Å². The van der Waals surface area contributed by atoms with Gasteiger partial charge in [-0.05, 0) is 17.7 Å². The van der Waals surface area contributed by atoms with Gasteiger partial charge in [0.25, 0.3) is 0 Å². The molecule has 0 spiro atoms. The van der Waals surface area contributed by atoms with Gasteiger partial charge in [-0.1, -0.05) is 39.8 Å². The molecule has 2 heterocycles. The molecule has 0 N–H and O–H groups in total. The molecule has 1 fully saturated rings. The van der Waals surface area contributed by atoms with Gasteiger partial charge in [-0.2, -0.15) is 0 Å². The van der Waals surface area contributed by atoms with Crippen molar-refractivity contribution < 1.29 is 0 Å². The smallest absolute Gasteiger partial charge is 0.160 e. The van der Waals surface area contributed by atoms with Crippen LogP contribution in [0.4, 0.5) is 0 Å². The fraction of sp³-hybridized carbons (Fsp3) is 0.364. The van der Waals surface area contributed by atoms with Gasteiger partial charge in [0.15, 0.2) is 5.17 Å². The quantitative estimate of drug-likeness (QED) is 0.787. The summed E-state index contributed by atoms with van der Waals surface area (Å²) in [6.07, 6.45) is 0. The normalized spacial score (nSPS) is 24.2. The molecule has 4 heteroatoms. The number of amidine groups is 1. The minimum atomic E-state index is 0.338. The Labute approximate surface area is 102 Å². The molecule has 0 aromatic heterocycles. The molecule has 0 bridgehead atoms. The zero-order chi connectivity index (χ0) is 10.3. The van der Waals surface area contributed by atoms with Gasteiger partial charge in [-0.3, -0.25) is 4.99 Å². The molecule has 1 unspecified atom stereocenters. The van der Waals surface area contributed by atoms with Gasteiger partial charge < -0.3 is 4.90 Å². The van der Waals surface area contributed by atoms with E-state index in [2.05, 4.69) is 45.1 Å². The molecule has 2 aliphatic heterocycles. The molecule has 1 saturated heterocycles. The van der Waals surface area contributed by atoms with E-state index in [-0.39, 0.29) is 0 Å². The van der Waals surface area contributed by atoms with Crippen LogP contribution in [0.5, 0.6) is 0 Å². The molecular weight excluding hydrogens is 272 g/mol. The van der Waals surface area contributed by atoms with Crippen molar-refractivity contribution in [3.8, 4) is 0 Å². The monoisotopic (exact) mass is 282 g/mol. The second kappa shape index (κ2) is 3.83. The maximum absolute atomic E-state index is 4.75. The molecular formula is C11H11BrN2S. The summed E-state index contributed by atoms with van der Waals surface area (Å²) < 4.78 is 1.14. The molecule has 0 radical (unpaired) electrons. The van der Waals surface area contributed by atoms with Crippen molar-refractivity contribution in [1.82, 2.24) is 4.90 Å². The van der Waals surface area contributed by atoms with Gasteiger partial charge >= 0.3 is 0 Å². The summed E-state index contributed by atoms with van der Waals surface area (Å²) in [5.74, 6) is 1.20. The van der Waals surface area contributed by atoms with Gasteiger partial charge in [-0.25, -0.2) is 0 Å². The first kappa shape index (κ1) is 9.73. The van der Waals surface area contributed by atoms with E-state index < -0.39 is 0 Å². The van der Waals surface area contributed by atoms with E-state index in [1.165, 1.54) is 16.5 Å². The zero-order valence-electron chi connectivity index (χ0n) is 8.19. The highest BCUT2D eigenvalue weighted by atomic mass is 79.9. The van der Waals surface area contributed by atoms with Crippen LogP contribution in [-0.2, 0) is 0 Å². The standard InChI is InChI=1S/C11H11BrN2S/c12-9-3-1-2-8(6-9)10-7-14-4-5-15-11(14)13-10/h1-3,6,10H,4-5,7H2. The van der Waals surface area contributed by atoms with E-state index in [9.17, 15) is 0 Å². The summed E-state index contributed by atoms with van der Waals surface area (Å²) in [5.41, 5.74) is 1.31. The lowest BCUT2D eigenvalue weighted by molar-refractivity contribution is 0.464. The minimum absolute atomic E-state index is 0.338. The second-order valence-corrected chi connectivity index (χ2v) is 5.75. The van der Waals surface area contributed by atoms with Crippen molar-refractivity contribution in [3.05, 3.63) is 34.3 Å². The Morgan fingerprint density at radius 3 is 3.20 bits per heavy atom. The van der Waals surface area contributed by atoms with Gasteiger partial charge in [0.05, 0.1) is 6.04 Å². The fourth-order valence-electron chi connectivity index (χ4n) is 2.00. The third kappa shape index (κ3) is 1.81. The Kier molecular flexibility index (Phi) is 2.48. The summed E-state index contributed by atoms with van der Waals surface area (Å²) in [7, 11) is 0. The summed E-state index contributed by atoms with van der Waals surface area (Å²) in [4.78, 5) is 7.13. The molecule has 0 amide bonds. The number of halogens is 1. The fourth-order valence-corrected chi connectivity index (χ4v) is 3.46. The van der Waals surface area contributed by atoms with E-state index in [1.807, 2.05) is 11.8 Å². The molecule has 0 saturated carbocycles. The highest BCUT2D eigenvalue weighted by Crippen LogP contribution is 2.32. The molecule has 3 rings (SSSR count). The van der Waals surface area contributed by atoms with E-state index >= 15 is 0 Å². The average Bonchev–Trinajstić information content (AvgIpc) is 2.76. The van der Waals surface area contributed by atoms with E-state index in [0.29, 0.717) is 6.04 Å². The van der Waals surface area contributed by atoms with Crippen molar-refractivity contribution in [1.29, 1.82) is 0 Å². The molecule has 0 aliphatic carbocycles. The van der Waals surface area contributed by atoms with Crippen molar-refractivity contribution in [2.24, 2.45) is 4.99 Å². The summed E-state index contributed by atoms with van der Waals surface area (Å²) in [5, 5.41) is 1.24. The lowest BCUT2D eigenvalue weighted by atomic mass is 10.1.